The summed E-state index contributed by atoms with van der Waals surface area (Å²) in [5.41, 5.74) is 8.57. The van der Waals surface area contributed by atoms with Gasteiger partial charge in [0.2, 0.25) is 5.91 Å². The SMILES string of the molecule is Cc1ccc([C@@H]2[C@H](N)C(=O)N2c2cccc(F)c2)cc1. The molecular formula is C16H15FN2O. The van der Waals surface area contributed by atoms with E-state index in [2.05, 4.69) is 0 Å². The van der Waals surface area contributed by atoms with Crippen LogP contribution in [0, 0.1) is 12.7 Å². The lowest BCUT2D eigenvalue weighted by molar-refractivity contribution is -0.126. The van der Waals surface area contributed by atoms with Crippen LogP contribution in [-0.4, -0.2) is 11.9 Å². The molecule has 2 atom stereocenters. The van der Waals surface area contributed by atoms with Crippen molar-refractivity contribution in [1.29, 1.82) is 0 Å². The van der Waals surface area contributed by atoms with Crippen molar-refractivity contribution in [1.82, 2.24) is 0 Å². The second kappa shape index (κ2) is 4.72. The summed E-state index contributed by atoms with van der Waals surface area (Å²) in [5.74, 6) is -0.542. The molecule has 1 saturated heterocycles. The van der Waals surface area contributed by atoms with E-state index < -0.39 is 6.04 Å². The van der Waals surface area contributed by atoms with Gasteiger partial charge in [0.15, 0.2) is 0 Å². The summed E-state index contributed by atoms with van der Waals surface area (Å²) in [6, 6.07) is 13.1. The van der Waals surface area contributed by atoms with E-state index in [4.69, 9.17) is 5.73 Å². The Hall–Kier alpha value is -2.20. The summed E-state index contributed by atoms with van der Waals surface area (Å²) >= 11 is 0. The van der Waals surface area contributed by atoms with Crippen LogP contribution in [0.25, 0.3) is 0 Å². The zero-order valence-corrected chi connectivity index (χ0v) is 11.1. The topological polar surface area (TPSA) is 46.3 Å². The molecule has 20 heavy (non-hydrogen) atoms. The highest BCUT2D eigenvalue weighted by Gasteiger charge is 2.46. The van der Waals surface area contributed by atoms with Crippen LogP contribution in [0.5, 0.6) is 0 Å². The molecule has 0 aromatic heterocycles. The highest BCUT2D eigenvalue weighted by Crippen LogP contribution is 2.38. The Kier molecular flexibility index (Phi) is 3.03. The van der Waals surface area contributed by atoms with Gasteiger partial charge >= 0.3 is 0 Å². The fourth-order valence-corrected chi connectivity index (χ4v) is 2.55. The van der Waals surface area contributed by atoms with Crippen LogP contribution in [0.3, 0.4) is 0 Å². The number of nitrogens with zero attached hydrogens (tertiary/aromatic N) is 1. The number of hydrogen-bond acceptors (Lipinski definition) is 2. The number of benzene rings is 2. The molecule has 0 saturated carbocycles. The van der Waals surface area contributed by atoms with Crippen LogP contribution in [0.15, 0.2) is 48.5 Å². The fourth-order valence-electron chi connectivity index (χ4n) is 2.55. The molecular weight excluding hydrogens is 255 g/mol. The van der Waals surface area contributed by atoms with Crippen molar-refractivity contribution in [3.63, 3.8) is 0 Å². The van der Waals surface area contributed by atoms with Gasteiger partial charge in [-0.3, -0.25) is 4.79 Å². The van der Waals surface area contributed by atoms with Gasteiger partial charge in [-0.15, -0.1) is 0 Å². The molecule has 2 aromatic carbocycles. The maximum Gasteiger partial charge on any atom is 0.247 e. The number of carbonyl (C=O) groups excluding carboxylic acids is 1. The van der Waals surface area contributed by atoms with Crippen molar-refractivity contribution < 1.29 is 9.18 Å². The van der Waals surface area contributed by atoms with E-state index in [9.17, 15) is 9.18 Å². The number of halogens is 1. The maximum absolute atomic E-state index is 13.3. The average Bonchev–Trinajstić information content (AvgIpc) is 2.45. The third-order valence-corrected chi connectivity index (χ3v) is 3.65. The first-order valence-corrected chi connectivity index (χ1v) is 6.49. The molecule has 0 radical (unpaired) electrons. The first-order chi connectivity index (χ1) is 9.58. The van der Waals surface area contributed by atoms with Crippen molar-refractivity contribution in [2.24, 2.45) is 5.73 Å². The molecule has 0 spiro atoms. The van der Waals surface area contributed by atoms with Gasteiger partial charge in [0, 0.05) is 5.69 Å². The smallest absolute Gasteiger partial charge is 0.247 e. The zero-order valence-electron chi connectivity index (χ0n) is 11.1. The fraction of sp³-hybridized carbons (Fsp3) is 0.188. The van der Waals surface area contributed by atoms with Crippen molar-refractivity contribution in [2.45, 2.75) is 19.0 Å². The number of nitrogens with two attached hydrogens (primary N) is 1. The molecule has 1 heterocycles. The first kappa shape index (κ1) is 12.8. The standard InChI is InChI=1S/C16H15FN2O/c1-10-5-7-11(8-6-10)15-14(18)16(20)19(15)13-4-2-3-12(17)9-13/h2-9,14-15H,18H2,1H3/t14-,15+/m0/s1. The zero-order chi connectivity index (χ0) is 14.3. The van der Waals surface area contributed by atoms with Crippen molar-refractivity contribution in [3.8, 4) is 0 Å². The summed E-state index contributed by atoms with van der Waals surface area (Å²) in [7, 11) is 0. The van der Waals surface area contributed by atoms with Gasteiger partial charge in [-0.25, -0.2) is 4.39 Å². The summed E-state index contributed by atoms with van der Waals surface area (Å²) in [5, 5.41) is 0. The molecule has 0 aliphatic carbocycles. The lowest BCUT2D eigenvalue weighted by atomic mass is 9.88. The Bertz CT molecular complexity index is 654. The molecule has 1 amide bonds. The molecule has 0 unspecified atom stereocenters. The molecule has 102 valence electrons. The number of amides is 1. The van der Waals surface area contributed by atoms with Crippen LogP contribution < -0.4 is 10.6 Å². The highest BCUT2D eigenvalue weighted by molar-refractivity contribution is 6.05. The van der Waals surface area contributed by atoms with Crippen LogP contribution in [0.2, 0.25) is 0 Å². The Morgan fingerprint density at radius 2 is 1.85 bits per heavy atom. The Morgan fingerprint density at radius 1 is 1.15 bits per heavy atom. The minimum absolute atomic E-state index is 0.179. The van der Waals surface area contributed by atoms with Gasteiger partial charge in [0.25, 0.3) is 0 Å². The molecule has 3 nitrogen and oxygen atoms in total. The Labute approximate surface area is 116 Å². The summed E-state index contributed by atoms with van der Waals surface area (Å²) in [6.07, 6.45) is 0. The average molecular weight is 270 g/mol. The van der Waals surface area contributed by atoms with Gasteiger partial charge in [-0.2, -0.15) is 0 Å². The molecule has 0 bridgehead atoms. The number of aryl methyl sites for hydroxylation is 1. The number of β-lactam (4-membered cyclic amide) rings is 1. The van der Waals surface area contributed by atoms with E-state index in [0.29, 0.717) is 5.69 Å². The van der Waals surface area contributed by atoms with E-state index in [0.717, 1.165) is 11.1 Å². The lowest BCUT2D eigenvalue weighted by Crippen LogP contribution is -2.63. The van der Waals surface area contributed by atoms with Gasteiger partial charge in [-0.05, 0) is 30.7 Å². The normalized spacial score (nSPS) is 21.8. The molecule has 2 N–H and O–H groups in total. The summed E-state index contributed by atoms with van der Waals surface area (Å²) in [6.45, 7) is 2.00. The van der Waals surface area contributed by atoms with Gasteiger partial charge < -0.3 is 10.6 Å². The molecule has 1 fully saturated rings. The van der Waals surface area contributed by atoms with Gasteiger partial charge in [0.05, 0.1) is 6.04 Å². The lowest BCUT2D eigenvalue weighted by Gasteiger charge is -2.45. The van der Waals surface area contributed by atoms with Gasteiger partial charge in [0.1, 0.15) is 11.9 Å². The predicted molar refractivity (Wildman–Crippen MR) is 75.8 cm³/mol. The Morgan fingerprint density at radius 3 is 2.50 bits per heavy atom. The molecule has 4 heteroatoms. The Balaban J connectivity index is 1.97. The summed E-state index contributed by atoms with van der Waals surface area (Å²) in [4.78, 5) is 13.6. The van der Waals surface area contributed by atoms with Crippen molar-refractivity contribution >= 4 is 11.6 Å². The second-order valence-electron chi connectivity index (χ2n) is 5.07. The largest absolute Gasteiger partial charge is 0.318 e. The third-order valence-electron chi connectivity index (χ3n) is 3.65. The van der Waals surface area contributed by atoms with E-state index in [1.165, 1.54) is 12.1 Å². The van der Waals surface area contributed by atoms with Crippen LogP contribution in [0.4, 0.5) is 10.1 Å². The highest BCUT2D eigenvalue weighted by atomic mass is 19.1. The second-order valence-corrected chi connectivity index (χ2v) is 5.07. The van der Waals surface area contributed by atoms with E-state index in [1.54, 1.807) is 17.0 Å². The monoisotopic (exact) mass is 270 g/mol. The van der Waals surface area contributed by atoms with Crippen LogP contribution >= 0.6 is 0 Å². The van der Waals surface area contributed by atoms with E-state index in [-0.39, 0.29) is 17.8 Å². The number of hydrogen-bond donors (Lipinski definition) is 1. The maximum atomic E-state index is 13.3. The van der Waals surface area contributed by atoms with Crippen LogP contribution in [-0.2, 0) is 4.79 Å². The van der Waals surface area contributed by atoms with Crippen LogP contribution in [0.1, 0.15) is 17.2 Å². The molecule has 2 aromatic rings. The number of carbonyl (C=O) groups is 1. The first-order valence-electron chi connectivity index (χ1n) is 6.49. The van der Waals surface area contributed by atoms with Crippen molar-refractivity contribution in [2.75, 3.05) is 4.90 Å². The molecule has 3 rings (SSSR count). The number of anilines is 1. The minimum Gasteiger partial charge on any atom is -0.318 e. The quantitative estimate of drug-likeness (QED) is 0.852. The summed E-state index contributed by atoms with van der Waals surface area (Å²) < 4.78 is 13.3. The molecule has 1 aliphatic rings. The van der Waals surface area contributed by atoms with Gasteiger partial charge in [-0.1, -0.05) is 35.9 Å². The van der Waals surface area contributed by atoms with E-state index in [1.807, 2.05) is 31.2 Å². The predicted octanol–water partition coefficient (Wildman–Crippen LogP) is 2.55. The van der Waals surface area contributed by atoms with Crippen molar-refractivity contribution in [3.05, 3.63) is 65.5 Å². The molecule has 1 aliphatic heterocycles. The number of rotatable bonds is 2. The van der Waals surface area contributed by atoms with E-state index >= 15 is 0 Å². The minimum atomic E-state index is -0.569. The third kappa shape index (κ3) is 1.98.